The van der Waals surface area contributed by atoms with Crippen LogP contribution in [-0.4, -0.2) is 54.5 Å². The van der Waals surface area contributed by atoms with Crippen LogP contribution in [0.1, 0.15) is 49.9 Å². The van der Waals surface area contributed by atoms with E-state index in [4.69, 9.17) is 14.5 Å². The summed E-state index contributed by atoms with van der Waals surface area (Å²) in [7, 11) is 5.71. The molecule has 0 atom stereocenters. The molecule has 1 aromatic heterocycles. The number of nitrogens with one attached hydrogen (secondary N) is 1. The number of ether oxygens (including phenoxy) is 2. The van der Waals surface area contributed by atoms with Gasteiger partial charge in [-0.05, 0) is 37.0 Å². The van der Waals surface area contributed by atoms with Gasteiger partial charge in [-0.15, -0.1) is 0 Å². The maximum absolute atomic E-state index is 5.78. The van der Waals surface area contributed by atoms with Gasteiger partial charge in [-0.1, -0.05) is 26.0 Å². The maximum atomic E-state index is 5.78. The minimum atomic E-state index is 0.400. The number of methoxy groups -OCH3 is 1. The van der Waals surface area contributed by atoms with Gasteiger partial charge in [0.25, 0.3) is 0 Å². The van der Waals surface area contributed by atoms with E-state index in [2.05, 4.69) is 49.3 Å². The van der Waals surface area contributed by atoms with E-state index < -0.39 is 0 Å². The molecule has 0 radical (unpaired) electrons. The Morgan fingerprint density at radius 3 is 2.63 bits per heavy atom. The highest BCUT2D eigenvalue weighted by atomic mass is 16.5. The van der Waals surface area contributed by atoms with E-state index in [0.29, 0.717) is 19.1 Å². The third kappa shape index (κ3) is 7.37. The van der Waals surface area contributed by atoms with Gasteiger partial charge >= 0.3 is 0 Å². The Hall–Kier alpha value is -2.54. The number of rotatable bonds is 11. The zero-order valence-electron chi connectivity index (χ0n) is 19.3. The van der Waals surface area contributed by atoms with Crippen molar-refractivity contribution < 1.29 is 9.47 Å². The summed E-state index contributed by atoms with van der Waals surface area (Å²) in [5.74, 6) is 2.17. The number of benzene rings is 1. The van der Waals surface area contributed by atoms with Gasteiger partial charge in [0.05, 0.1) is 19.4 Å². The van der Waals surface area contributed by atoms with Crippen LogP contribution in [0.3, 0.4) is 0 Å². The summed E-state index contributed by atoms with van der Waals surface area (Å²) in [5.41, 5.74) is 3.53. The monoisotopic (exact) mass is 415 g/mol. The van der Waals surface area contributed by atoms with Crippen LogP contribution < -0.4 is 10.1 Å². The fourth-order valence-electron chi connectivity index (χ4n) is 3.23. The Bertz CT molecular complexity index is 783. The quantitative estimate of drug-likeness (QED) is 0.345. The highest BCUT2D eigenvalue weighted by Crippen LogP contribution is 2.18. The second-order valence-corrected chi connectivity index (χ2v) is 7.71. The Morgan fingerprint density at radius 2 is 2.00 bits per heavy atom. The number of guanidine groups is 1. The normalized spacial score (nSPS) is 11.8. The molecule has 1 heterocycles. The average molecular weight is 416 g/mol. The number of aromatic nitrogens is 2. The minimum absolute atomic E-state index is 0.400. The van der Waals surface area contributed by atoms with E-state index in [1.807, 2.05) is 36.0 Å². The Balaban J connectivity index is 1.81. The molecule has 0 aliphatic rings. The highest BCUT2D eigenvalue weighted by molar-refractivity contribution is 5.79. The van der Waals surface area contributed by atoms with Crippen LogP contribution >= 0.6 is 0 Å². The molecule has 2 aromatic rings. The smallest absolute Gasteiger partial charge is 0.193 e. The van der Waals surface area contributed by atoms with Crippen LogP contribution in [0.5, 0.6) is 5.75 Å². The Morgan fingerprint density at radius 1 is 1.27 bits per heavy atom. The molecule has 0 fully saturated rings. The van der Waals surface area contributed by atoms with Crippen molar-refractivity contribution in [2.45, 2.75) is 46.3 Å². The van der Waals surface area contributed by atoms with Crippen LogP contribution in [-0.2, 0) is 24.9 Å². The SMILES string of the molecule is CCNC(=NCCCOCc1ccc(OC)cc1)N(C)Cc1cn(C)nc1C(C)C. The van der Waals surface area contributed by atoms with Crippen molar-refractivity contribution in [1.82, 2.24) is 20.0 Å². The minimum Gasteiger partial charge on any atom is -0.497 e. The highest BCUT2D eigenvalue weighted by Gasteiger charge is 2.15. The Kier molecular flexibility index (Phi) is 9.67. The van der Waals surface area contributed by atoms with Crippen LogP contribution in [0.2, 0.25) is 0 Å². The molecule has 0 amide bonds. The second kappa shape index (κ2) is 12.2. The first-order chi connectivity index (χ1) is 14.4. The lowest BCUT2D eigenvalue weighted by Gasteiger charge is -2.22. The molecule has 30 heavy (non-hydrogen) atoms. The van der Waals surface area contributed by atoms with Gasteiger partial charge < -0.3 is 19.7 Å². The van der Waals surface area contributed by atoms with Gasteiger partial charge in [0, 0.05) is 52.1 Å². The molecule has 0 unspecified atom stereocenters. The van der Waals surface area contributed by atoms with Crippen molar-refractivity contribution in [2.24, 2.45) is 12.0 Å². The van der Waals surface area contributed by atoms with Crippen molar-refractivity contribution in [1.29, 1.82) is 0 Å². The fraction of sp³-hybridized carbons (Fsp3) is 0.565. The van der Waals surface area contributed by atoms with Crippen LogP contribution in [0, 0.1) is 0 Å². The van der Waals surface area contributed by atoms with E-state index in [-0.39, 0.29) is 0 Å². The summed E-state index contributed by atoms with van der Waals surface area (Å²) in [6.07, 6.45) is 2.98. The Labute approximate surface area is 181 Å². The number of hydrogen-bond donors (Lipinski definition) is 1. The van der Waals surface area contributed by atoms with Crippen molar-refractivity contribution >= 4 is 5.96 Å². The summed E-state index contributed by atoms with van der Waals surface area (Å²) in [4.78, 5) is 6.92. The van der Waals surface area contributed by atoms with Gasteiger partial charge in [0.1, 0.15) is 5.75 Å². The average Bonchev–Trinajstić information content (AvgIpc) is 3.10. The van der Waals surface area contributed by atoms with Crippen molar-refractivity contribution in [2.75, 3.05) is 33.9 Å². The molecule has 1 aromatic carbocycles. The van der Waals surface area contributed by atoms with E-state index in [9.17, 15) is 0 Å². The van der Waals surface area contributed by atoms with E-state index in [1.165, 1.54) is 5.56 Å². The molecule has 0 saturated heterocycles. The molecular formula is C23H37N5O2. The predicted octanol–water partition coefficient (Wildman–Crippen LogP) is 3.56. The summed E-state index contributed by atoms with van der Waals surface area (Å²) >= 11 is 0. The second-order valence-electron chi connectivity index (χ2n) is 7.71. The molecule has 0 aliphatic carbocycles. The molecule has 0 aliphatic heterocycles. The molecule has 7 heteroatoms. The molecule has 166 valence electrons. The maximum Gasteiger partial charge on any atom is 0.193 e. The lowest BCUT2D eigenvalue weighted by atomic mass is 10.1. The number of hydrogen-bond acceptors (Lipinski definition) is 4. The van der Waals surface area contributed by atoms with Crippen molar-refractivity contribution in [3.05, 3.63) is 47.3 Å². The van der Waals surface area contributed by atoms with Crippen LogP contribution in [0.4, 0.5) is 0 Å². The van der Waals surface area contributed by atoms with Crippen LogP contribution in [0.25, 0.3) is 0 Å². The third-order valence-corrected chi connectivity index (χ3v) is 4.72. The van der Waals surface area contributed by atoms with Crippen molar-refractivity contribution in [3.8, 4) is 5.75 Å². The fourth-order valence-corrected chi connectivity index (χ4v) is 3.23. The molecule has 7 nitrogen and oxygen atoms in total. The first-order valence-electron chi connectivity index (χ1n) is 10.7. The van der Waals surface area contributed by atoms with Gasteiger partial charge in [-0.3, -0.25) is 9.67 Å². The van der Waals surface area contributed by atoms with E-state index in [0.717, 1.165) is 49.0 Å². The van der Waals surface area contributed by atoms with Gasteiger partial charge in [-0.25, -0.2) is 0 Å². The summed E-state index contributed by atoms with van der Waals surface area (Å²) in [6.45, 7) is 10.1. The summed E-state index contributed by atoms with van der Waals surface area (Å²) < 4.78 is 12.8. The largest absolute Gasteiger partial charge is 0.497 e. The zero-order chi connectivity index (χ0) is 21.9. The van der Waals surface area contributed by atoms with Crippen molar-refractivity contribution in [3.63, 3.8) is 0 Å². The van der Waals surface area contributed by atoms with Gasteiger partial charge in [0.15, 0.2) is 5.96 Å². The number of aliphatic imine (C=N–C) groups is 1. The summed E-state index contributed by atoms with van der Waals surface area (Å²) in [6, 6.07) is 7.96. The molecule has 1 N–H and O–H groups in total. The van der Waals surface area contributed by atoms with E-state index in [1.54, 1.807) is 7.11 Å². The van der Waals surface area contributed by atoms with Crippen LogP contribution in [0.15, 0.2) is 35.5 Å². The van der Waals surface area contributed by atoms with Gasteiger partial charge in [0.2, 0.25) is 0 Å². The predicted molar refractivity (Wildman–Crippen MR) is 122 cm³/mol. The number of aryl methyl sites for hydroxylation is 1. The third-order valence-electron chi connectivity index (χ3n) is 4.72. The first-order valence-corrected chi connectivity index (χ1v) is 10.7. The number of nitrogens with zero attached hydrogens (tertiary/aromatic N) is 4. The lowest BCUT2D eigenvalue weighted by Crippen LogP contribution is -2.38. The topological polar surface area (TPSA) is 63.9 Å². The molecular weight excluding hydrogens is 378 g/mol. The zero-order valence-corrected chi connectivity index (χ0v) is 19.3. The molecule has 0 saturated carbocycles. The van der Waals surface area contributed by atoms with E-state index >= 15 is 0 Å². The summed E-state index contributed by atoms with van der Waals surface area (Å²) in [5, 5.41) is 7.99. The molecule has 2 rings (SSSR count). The van der Waals surface area contributed by atoms with Gasteiger partial charge in [-0.2, -0.15) is 5.10 Å². The lowest BCUT2D eigenvalue weighted by molar-refractivity contribution is 0.120. The standard InChI is InChI=1S/C23H37N5O2/c1-7-24-23(27(4)15-20-16-28(5)26-22(20)18(2)3)25-13-8-14-30-17-19-9-11-21(29-6)12-10-19/h9-12,16,18H,7-8,13-15,17H2,1-6H3,(H,24,25). The first kappa shape index (κ1) is 23.7. The molecule has 0 spiro atoms. The molecule has 0 bridgehead atoms.